The standard InChI is InChI=1S/C15H15BrFNS/c16-12-4-3-11(15(17)8-12)9-18(13-5-6-13)10-14-2-1-7-19-14/h1-4,7-8,13H,5-6,9-10H2. The van der Waals surface area contributed by atoms with Gasteiger partial charge in [-0.2, -0.15) is 0 Å². The molecule has 0 bridgehead atoms. The van der Waals surface area contributed by atoms with E-state index >= 15 is 0 Å². The van der Waals surface area contributed by atoms with Crippen molar-refractivity contribution in [3.63, 3.8) is 0 Å². The molecule has 1 aliphatic rings. The van der Waals surface area contributed by atoms with Crippen LogP contribution in [-0.2, 0) is 13.1 Å². The Balaban J connectivity index is 1.74. The van der Waals surface area contributed by atoms with Crippen molar-refractivity contribution >= 4 is 27.3 Å². The first-order valence-corrected chi connectivity index (χ1v) is 8.10. The summed E-state index contributed by atoms with van der Waals surface area (Å²) >= 11 is 5.07. The van der Waals surface area contributed by atoms with Gasteiger partial charge in [-0.05, 0) is 36.4 Å². The molecule has 0 amide bonds. The molecule has 19 heavy (non-hydrogen) atoms. The summed E-state index contributed by atoms with van der Waals surface area (Å²) < 4.78 is 14.7. The highest BCUT2D eigenvalue weighted by molar-refractivity contribution is 9.10. The summed E-state index contributed by atoms with van der Waals surface area (Å²) in [5.41, 5.74) is 0.784. The molecule has 1 aromatic heterocycles. The first-order valence-electron chi connectivity index (χ1n) is 6.43. The molecule has 1 aromatic carbocycles. The van der Waals surface area contributed by atoms with E-state index in [1.165, 1.54) is 17.7 Å². The van der Waals surface area contributed by atoms with Gasteiger partial charge in [0.15, 0.2) is 0 Å². The summed E-state index contributed by atoms with van der Waals surface area (Å²) in [6, 6.07) is 10.2. The van der Waals surface area contributed by atoms with E-state index in [1.807, 2.05) is 12.1 Å². The van der Waals surface area contributed by atoms with Crippen molar-refractivity contribution in [2.75, 3.05) is 0 Å². The van der Waals surface area contributed by atoms with Crippen molar-refractivity contribution in [3.05, 3.63) is 56.4 Å². The fraction of sp³-hybridized carbons (Fsp3) is 0.333. The summed E-state index contributed by atoms with van der Waals surface area (Å²) in [6.45, 7) is 1.62. The van der Waals surface area contributed by atoms with E-state index in [-0.39, 0.29) is 5.82 Å². The Morgan fingerprint density at radius 2 is 2.11 bits per heavy atom. The van der Waals surface area contributed by atoms with Crippen LogP contribution in [0.25, 0.3) is 0 Å². The van der Waals surface area contributed by atoms with Crippen LogP contribution >= 0.6 is 27.3 Å². The number of nitrogens with zero attached hydrogens (tertiary/aromatic N) is 1. The molecular formula is C15H15BrFNS. The zero-order chi connectivity index (χ0) is 13.2. The van der Waals surface area contributed by atoms with Gasteiger partial charge in [-0.25, -0.2) is 4.39 Å². The van der Waals surface area contributed by atoms with Crippen LogP contribution < -0.4 is 0 Å². The average molecular weight is 340 g/mol. The van der Waals surface area contributed by atoms with Gasteiger partial charge in [-0.3, -0.25) is 4.90 Å². The Morgan fingerprint density at radius 3 is 2.74 bits per heavy atom. The van der Waals surface area contributed by atoms with E-state index in [2.05, 4.69) is 38.3 Å². The van der Waals surface area contributed by atoms with Crippen LogP contribution in [0.5, 0.6) is 0 Å². The van der Waals surface area contributed by atoms with Crippen molar-refractivity contribution < 1.29 is 4.39 Å². The Bertz CT molecular complexity index is 551. The van der Waals surface area contributed by atoms with Crippen molar-refractivity contribution in [2.24, 2.45) is 0 Å². The van der Waals surface area contributed by atoms with Crippen LogP contribution in [0.3, 0.4) is 0 Å². The summed E-state index contributed by atoms with van der Waals surface area (Å²) in [5, 5.41) is 2.10. The highest BCUT2D eigenvalue weighted by Crippen LogP contribution is 2.31. The highest BCUT2D eigenvalue weighted by Gasteiger charge is 2.29. The van der Waals surface area contributed by atoms with Crippen LogP contribution in [0, 0.1) is 5.82 Å². The van der Waals surface area contributed by atoms with Gasteiger partial charge in [-0.15, -0.1) is 11.3 Å². The number of rotatable bonds is 5. The van der Waals surface area contributed by atoms with Crippen molar-refractivity contribution in [1.29, 1.82) is 0 Å². The summed E-state index contributed by atoms with van der Waals surface area (Å²) in [6.07, 6.45) is 2.48. The van der Waals surface area contributed by atoms with E-state index < -0.39 is 0 Å². The van der Waals surface area contributed by atoms with Crippen molar-refractivity contribution in [1.82, 2.24) is 4.90 Å². The second-order valence-corrected chi connectivity index (χ2v) is 6.90. The molecule has 1 aliphatic carbocycles. The first-order chi connectivity index (χ1) is 9.22. The lowest BCUT2D eigenvalue weighted by Crippen LogP contribution is -2.25. The SMILES string of the molecule is Fc1cc(Br)ccc1CN(Cc1cccs1)C1CC1. The number of halogens is 2. The molecule has 0 spiro atoms. The molecule has 1 saturated carbocycles. The lowest BCUT2D eigenvalue weighted by Gasteiger charge is -2.21. The van der Waals surface area contributed by atoms with Crippen LogP contribution in [0.15, 0.2) is 40.2 Å². The fourth-order valence-corrected chi connectivity index (χ4v) is 3.29. The topological polar surface area (TPSA) is 3.24 Å². The van der Waals surface area contributed by atoms with Gasteiger partial charge >= 0.3 is 0 Å². The van der Waals surface area contributed by atoms with Crippen molar-refractivity contribution in [2.45, 2.75) is 32.0 Å². The first kappa shape index (κ1) is 13.3. The van der Waals surface area contributed by atoms with Gasteiger partial charge in [0, 0.05) is 34.0 Å². The molecular weight excluding hydrogens is 325 g/mol. The van der Waals surface area contributed by atoms with E-state index in [0.717, 1.165) is 16.6 Å². The Labute approximate surface area is 125 Å². The molecule has 4 heteroatoms. The maximum Gasteiger partial charge on any atom is 0.128 e. The van der Waals surface area contributed by atoms with Gasteiger partial charge in [0.2, 0.25) is 0 Å². The van der Waals surface area contributed by atoms with Gasteiger partial charge < -0.3 is 0 Å². The summed E-state index contributed by atoms with van der Waals surface area (Å²) in [5.74, 6) is -0.119. The lowest BCUT2D eigenvalue weighted by molar-refractivity contribution is 0.244. The molecule has 0 atom stereocenters. The van der Waals surface area contributed by atoms with Crippen LogP contribution in [0.4, 0.5) is 4.39 Å². The predicted octanol–water partition coefficient (Wildman–Crippen LogP) is 4.81. The lowest BCUT2D eigenvalue weighted by atomic mass is 10.2. The monoisotopic (exact) mass is 339 g/mol. The maximum absolute atomic E-state index is 13.9. The zero-order valence-electron chi connectivity index (χ0n) is 10.5. The highest BCUT2D eigenvalue weighted by atomic mass is 79.9. The summed E-state index contributed by atoms with van der Waals surface area (Å²) in [4.78, 5) is 3.74. The molecule has 1 fully saturated rings. The Hall–Kier alpha value is -0.710. The fourth-order valence-electron chi connectivity index (χ4n) is 2.23. The van der Waals surface area contributed by atoms with Gasteiger partial charge in [0.1, 0.15) is 5.82 Å². The molecule has 0 unspecified atom stereocenters. The molecule has 1 heterocycles. The molecule has 100 valence electrons. The Morgan fingerprint density at radius 1 is 1.26 bits per heavy atom. The van der Waals surface area contributed by atoms with Gasteiger partial charge in [0.05, 0.1) is 0 Å². The third-order valence-corrected chi connectivity index (χ3v) is 4.75. The number of hydrogen-bond donors (Lipinski definition) is 0. The third-order valence-electron chi connectivity index (χ3n) is 3.39. The van der Waals surface area contributed by atoms with E-state index in [0.29, 0.717) is 12.6 Å². The Kier molecular flexibility index (Phi) is 4.01. The largest absolute Gasteiger partial charge is 0.291 e. The van der Waals surface area contributed by atoms with Gasteiger partial charge in [0.25, 0.3) is 0 Å². The average Bonchev–Trinajstić information content (AvgIpc) is 3.10. The predicted molar refractivity (Wildman–Crippen MR) is 80.7 cm³/mol. The normalized spacial score (nSPS) is 15.1. The van der Waals surface area contributed by atoms with Crippen LogP contribution in [0.1, 0.15) is 23.3 Å². The smallest absolute Gasteiger partial charge is 0.128 e. The molecule has 0 radical (unpaired) electrons. The minimum absolute atomic E-state index is 0.119. The minimum atomic E-state index is -0.119. The third kappa shape index (κ3) is 3.44. The number of hydrogen-bond acceptors (Lipinski definition) is 2. The van der Waals surface area contributed by atoms with Crippen LogP contribution in [-0.4, -0.2) is 10.9 Å². The molecule has 0 aliphatic heterocycles. The van der Waals surface area contributed by atoms with E-state index in [1.54, 1.807) is 17.4 Å². The molecule has 1 nitrogen and oxygen atoms in total. The molecule has 2 aromatic rings. The zero-order valence-corrected chi connectivity index (χ0v) is 12.9. The molecule has 0 N–H and O–H groups in total. The number of benzene rings is 1. The molecule has 0 saturated heterocycles. The quantitative estimate of drug-likeness (QED) is 0.755. The van der Waals surface area contributed by atoms with Crippen LogP contribution in [0.2, 0.25) is 0 Å². The minimum Gasteiger partial charge on any atom is -0.291 e. The van der Waals surface area contributed by atoms with Crippen molar-refractivity contribution in [3.8, 4) is 0 Å². The summed E-state index contributed by atoms with van der Waals surface area (Å²) in [7, 11) is 0. The van der Waals surface area contributed by atoms with Gasteiger partial charge in [-0.1, -0.05) is 28.1 Å². The second-order valence-electron chi connectivity index (χ2n) is 4.95. The van der Waals surface area contributed by atoms with E-state index in [9.17, 15) is 4.39 Å². The molecule has 3 rings (SSSR count). The maximum atomic E-state index is 13.9. The number of thiophene rings is 1. The second kappa shape index (κ2) is 5.73. The van der Waals surface area contributed by atoms with E-state index in [4.69, 9.17) is 0 Å².